The lowest BCUT2D eigenvalue weighted by molar-refractivity contribution is -0.141. The molecule has 27 heavy (non-hydrogen) atoms. The summed E-state index contributed by atoms with van der Waals surface area (Å²) in [7, 11) is 0. The van der Waals surface area contributed by atoms with E-state index in [1.807, 2.05) is 29.2 Å². The van der Waals surface area contributed by atoms with Crippen molar-refractivity contribution in [2.45, 2.75) is 56.8 Å². The molecule has 2 saturated heterocycles. The van der Waals surface area contributed by atoms with E-state index >= 15 is 0 Å². The Morgan fingerprint density at radius 1 is 0.852 bits per heavy atom. The average Bonchev–Trinajstić information content (AvgIpc) is 3.52. The van der Waals surface area contributed by atoms with Gasteiger partial charge in [0.2, 0.25) is 11.8 Å². The van der Waals surface area contributed by atoms with E-state index in [2.05, 4.69) is 4.90 Å². The lowest BCUT2D eigenvalue weighted by Crippen LogP contribution is -2.47. The predicted octanol–water partition coefficient (Wildman–Crippen LogP) is 4.01. The van der Waals surface area contributed by atoms with Crippen LogP contribution >= 0.6 is 11.6 Å². The molecule has 0 spiro atoms. The molecule has 0 atom stereocenters. The highest BCUT2D eigenvalue weighted by atomic mass is 35.5. The van der Waals surface area contributed by atoms with Gasteiger partial charge in [0.15, 0.2) is 0 Å². The lowest BCUT2D eigenvalue weighted by atomic mass is 9.90. The number of amides is 2. The molecule has 1 aromatic rings. The van der Waals surface area contributed by atoms with E-state index in [1.165, 1.54) is 12.8 Å². The first-order valence-corrected chi connectivity index (χ1v) is 10.8. The quantitative estimate of drug-likeness (QED) is 0.784. The van der Waals surface area contributed by atoms with E-state index in [1.54, 1.807) is 0 Å². The maximum Gasteiger partial charge on any atom is 0.233 e. The van der Waals surface area contributed by atoms with Crippen LogP contribution in [-0.2, 0) is 15.0 Å². The zero-order valence-corrected chi connectivity index (χ0v) is 16.7. The van der Waals surface area contributed by atoms with E-state index in [-0.39, 0.29) is 17.2 Å². The summed E-state index contributed by atoms with van der Waals surface area (Å²) in [6, 6.07) is 7.72. The number of hydrogen-bond acceptors (Lipinski definition) is 2. The predicted molar refractivity (Wildman–Crippen MR) is 107 cm³/mol. The van der Waals surface area contributed by atoms with Gasteiger partial charge in [-0.3, -0.25) is 9.59 Å². The van der Waals surface area contributed by atoms with Crippen molar-refractivity contribution >= 4 is 23.4 Å². The molecular weight excluding hydrogens is 360 g/mol. The van der Waals surface area contributed by atoms with E-state index in [4.69, 9.17) is 11.6 Å². The third-order valence-electron chi connectivity index (χ3n) is 6.61. The molecule has 1 aliphatic carbocycles. The van der Waals surface area contributed by atoms with Gasteiger partial charge in [-0.05, 0) is 56.2 Å². The number of rotatable bonds is 3. The summed E-state index contributed by atoms with van der Waals surface area (Å²) in [5.74, 6) is 0.658. The van der Waals surface area contributed by atoms with Crippen LogP contribution in [0.15, 0.2) is 24.3 Å². The Bertz CT molecular complexity index is 683. The molecule has 1 saturated carbocycles. The van der Waals surface area contributed by atoms with Crippen molar-refractivity contribution in [3.05, 3.63) is 34.9 Å². The molecule has 3 fully saturated rings. The Hall–Kier alpha value is -1.55. The van der Waals surface area contributed by atoms with Crippen molar-refractivity contribution in [2.75, 3.05) is 26.2 Å². The molecule has 2 heterocycles. The maximum absolute atomic E-state index is 13.2. The van der Waals surface area contributed by atoms with Gasteiger partial charge >= 0.3 is 0 Å². The van der Waals surface area contributed by atoms with Gasteiger partial charge < -0.3 is 9.80 Å². The highest BCUT2D eigenvalue weighted by Crippen LogP contribution is 2.50. The number of likely N-dealkylation sites (tertiary alicyclic amines) is 2. The van der Waals surface area contributed by atoms with Crippen molar-refractivity contribution in [1.29, 1.82) is 0 Å². The van der Waals surface area contributed by atoms with Gasteiger partial charge in [-0.2, -0.15) is 0 Å². The van der Waals surface area contributed by atoms with Crippen LogP contribution in [0, 0.1) is 5.92 Å². The fourth-order valence-electron chi connectivity index (χ4n) is 4.70. The summed E-state index contributed by atoms with van der Waals surface area (Å²) in [6.07, 6.45) is 8.18. The van der Waals surface area contributed by atoms with Gasteiger partial charge in [-0.25, -0.2) is 0 Å². The maximum atomic E-state index is 13.2. The van der Waals surface area contributed by atoms with Crippen LogP contribution in [0.25, 0.3) is 0 Å². The standard InChI is InChI=1S/C22H29ClN2O2/c23-19-7-5-18(6-8-19)22(11-12-22)21(27)25-15-9-17(10-16-25)20(26)24-13-3-1-2-4-14-24/h5-8,17H,1-4,9-16H2. The summed E-state index contributed by atoms with van der Waals surface area (Å²) in [5, 5.41) is 0.704. The number of nitrogens with zero attached hydrogens (tertiary/aromatic N) is 2. The molecule has 0 aromatic heterocycles. The molecule has 5 heteroatoms. The molecule has 2 amide bonds. The minimum absolute atomic E-state index is 0.0952. The topological polar surface area (TPSA) is 40.6 Å². The van der Waals surface area contributed by atoms with Crippen LogP contribution in [0.4, 0.5) is 0 Å². The molecule has 0 bridgehead atoms. The van der Waals surface area contributed by atoms with E-state index in [0.29, 0.717) is 24.0 Å². The first-order valence-electron chi connectivity index (χ1n) is 10.4. The zero-order valence-electron chi connectivity index (χ0n) is 16.0. The zero-order chi connectivity index (χ0) is 18.9. The van der Waals surface area contributed by atoms with Crippen LogP contribution in [0.2, 0.25) is 5.02 Å². The Kier molecular flexibility index (Phi) is 5.45. The smallest absolute Gasteiger partial charge is 0.233 e. The van der Waals surface area contributed by atoms with Crippen molar-refractivity contribution in [1.82, 2.24) is 9.80 Å². The summed E-state index contributed by atoms with van der Waals surface area (Å²) >= 11 is 6.00. The van der Waals surface area contributed by atoms with Crippen molar-refractivity contribution in [2.24, 2.45) is 5.92 Å². The van der Waals surface area contributed by atoms with Crippen LogP contribution in [0.1, 0.15) is 56.9 Å². The number of piperidine rings is 1. The second kappa shape index (κ2) is 7.83. The second-order valence-corrected chi connectivity index (χ2v) is 8.83. The highest BCUT2D eigenvalue weighted by Gasteiger charge is 2.53. The molecular formula is C22H29ClN2O2. The van der Waals surface area contributed by atoms with Gasteiger partial charge in [0.25, 0.3) is 0 Å². The molecule has 0 radical (unpaired) electrons. The Morgan fingerprint density at radius 3 is 2.00 bits per heavy atom. The van der Waals surface area contributed by atoms with E-state index in [9.17, 15) is 9.59 Å². The third-order valence-corrected chi connectivity index (χ3v) is 6.86. The lowest BCUT2D eigenvalue weighted by Gasteiger charge is -2.36. The summed E-state index contributed by atoms with van der Waals surface area (Å²) in [5.41, 5.74) is 0.742. The molecule has 4 rings (SSSR count). The number of halogens is 1. The summed E-state index contributed by atoms with van der Waals surface area (Å²) in [4.78, 5) is 30.1. The average molecular weight is 389 g/mol. The summed E-state index contributed by atoms with van der Waals surface area (Å²) in [6.45, 7) is 3.24. The minimum Gasteiger partial charge on any atom is -0.342 e. The summed E-state index contributed by atoms with van der Waals surface area (Å²) < 4.78 is 0. The molecule has 3 aliphatic rings. The van der Waals surface area contributed by atoms with Gasteiger partial charge in [-0.1, -0.05) is 36.6 Å². The Morgan fingerprint density at radius 2 is 1.44 bits per heavy atom. The van der Waals surface area contributed by atoms with Crippen molar-refractivity contribution < 1.29 is 9.59 Å². The Balaban J connectivity index is 1.35. The fourth-order valence-corrected chi connectivity index (χ4v) is 4.83. The first-order chi connectivity index (χ1) is 13.1. The SMILES string of the molecule is O=C(C1CCN(C(=O)C2(c3ccc(Cl)cc3)CC2)CC1)N1CCCCCC1. The minimum atomic E-state index is -0.341. The molecule has 0 unspecified atom stereocenters. The van der Waals surface area contributed by atoms with Gasteiger partial charge in [0.05, 0.1) is 5.41 Å². The van der Waals surface area contributed by atoms with Crippen LogP contribution in [0.3, 0.4) is 0 Å². The van der Waals surface area contributed by atoms with Crippen LogP contribution < -0.4 is 0 Å². The van der Waals surface area contributed by atoms with Gasteiger partial charge in [0.1, 0.15) is 0 Å². The number of carbonyl (C=O) groups is 2. The number of carbonyl (C=O) groups excluding carboxylic acids is 2. The van der Waals surface area contributed by atoms with E-state index < -0.39 is 0 Å². The highest BCUT2D eigenvalue weighted by molar-refractivity contribution is 6.30. The van der Waals surface area contributed by atoms with Gasteiger partial charge in [0, 0.05) is 37.1 Å². The van der Waals surface area contributed by atoms with E-state index in [0.717, 1.165) is 57.2 Å². The largest absolute Gasteiger partial charge is 0.342 e. The van der Waals surface area contributed by atoms with Crippen molar-refractivity contribution in [3.8, 4) is 0 Å². The number of hydrogen-bond donors (Lipinski definition) is 0. The second-order valence-electron chi connectivity index (χ2n) is 8.39. The Labute approximate surface area is 166 Å². The molecule has 1 aromatic carbocycles. The fraction of sp³-hybridized carbons (Fsp3) is 0.636. The van der Waals surface area contributed by atoms with Gasteiger partial charge in [-0.15, -0.1) is 0 Å². The molecule has 0 N–H and O–H groups in total. The molecule has 146 valence electrons. The van der Waals surface area contributed by atoms with Crippen LogP contribution in [-0.4, -0.2) is 47.8 Å². The molecule has 2 aliphatic heterocycles. The first kappa shape index (κ1) is 18.8. The monoisotopic (exact) mass is 388 g/mol. The molecule has 4 nitrogen and oxygen atoms in total. The van der Waals surface area contributed by atoms with Crippen molar-refractivity contribution in [3.63, 3.8) is 0 Å². The van der Waals surface area contributed by atoms with Crippen LogP contribution in [0.5, 0.6) is 0 Å². The normalized spacial score (nSPS) is 23.0. The third kappa shape index (κ3) is 3.87. The number of benzene rings is 1.